The Hall–Kier alpha value is -1.76. The molecule has 4 nitrogen and oxygen atoms in total. The van der Waals surface area contributed by atoms with E-state index in [1.807, 2.05) is 0 Å². The van der Waals surface area contributed by atoms with E-state index in [0.29, 0.717) is 19.5 Å². The van der Waals surface area contributed by atoms with Crippen molar-refractivity contribution in [3.05, 3.63) is 29.3 Å². The summed E-state index contributed by atoms with van der Waals surface area (Å²) >= 11 is 0. The number of methoxy groups -OCH3 is 1. The molecule has 1 saturated heterocycles. The highest BCUT2D eigenvalue weighted by molar-refractivity contribution is 5.70. The first-order chi connectivity index (χ1) is 10.4. The number of carboxylic acids is 1. The molecule has 1 aromatic rings. The van der Waals surface area contributed by atoms with E-state index in [0.717, 1.165) is 12.1 Å². The standard InChI is InChI=1S/C15H18F3NO3/c1-22-9-5-12(17)14(13(18)6-9)11(16)4-8-7-19-3-2-10(8)15(20)21/h5-6,8,10-11,19H,2-4,7H2,1H3,(H,20,21)/t8?,10?,11-/m0/s1. The number of carbonyl (C=O) groups is 1. The summed E-state index contributed by atoms with van der Waals surface area (Å²) in [6, 6.07) is 1.83. The predicted octanol–water partition coefficient (Wildman–Crippen LogP) is 2.68. The Morgan fingerprint density at radius 3 is 2.64 bits per heavy atom. The van der Waals surface area contributed by atoms with E-state index in [9.17, 15) is 18.0 Å². The first kappa shape index (κ1) is 16.6. The summed E-state index contributed by atoms with van der Waals surface area (Å²) in [4.78, 5) is 11.2. The van der Waals surface area contributed by atoms with Crippen molar-refractivity contribution >= 4 is 5.97 Å². The molecule has 7 heteroatoms. The van der Waals surface area contributed by atoms with Crippen molar-refractivity contribution in [1.29, 1.82) is 0 Å². The molecule has 0 saturated carbocycles. The molecule has 2 unspecified atom stereocenters. The number of hydrogen-bond donors (Lipinski definition) is 2. The van der Waals surface area contributed by atoms with Crippen molar-refractivity contribution in [2.24, 2.45) is 11.8 Å². The Bertz CT molecular complexity index is 530. The van der Waals surface area contributed by atoms with Gasteiger partial charge in [-0.1, -0.05) is 0 Å². The van der Waals surface area contributed by atoms with Crippen LogP contribution in [0.5, 0.6) is 5.75 Å². The van der Waals surface area contributed by atoms with Gasteiger partial charge in [-0.3, -0.25) is 4.79 Å². The molecule has 0 aromatic heterocycles. The molecule has 0 radical (unpaired) electrons. The molecule has 122 valence electrons. The number of halogens is 3. The van der Waals surface area contributed by atoms with E-state index in [1.165, 1.54) is 7.11 Å². The lowest BCUT2D eigenvalue weighted by Crippen LogP contribution is -2.40. The highest BCUT2D eigenvalue weighted by atomic mass is 19.2. The quantitative estimate of drug-likeness (QED) is 0.876. The van der Waals surface area contributed by atoms with E-state index in [2.05, 4.69) is 5.32 Å². The average molecular weight is 317 g/mol. The van der Waals surface area contributed by atoms with Gasteiger partial charge in [-0.15, -0.1) is 0 Å². The minimum atomic E-state index is -1.90. The van der Waals surface area contributed by atoms with Gasteiger partial charge in [-0.25, -0.2) is 13.2 Å². The Kier molecular flexibility index (Phi) is 5.28. The lowest BCUT2D eigenvalue weighted by atomic mass is 9.82. The molecule has 0 spiro atoms. The topological polar surface area (TPSA) is 58.6 Å². The second kappa shape index (κ2) is 7.00. The maximum atomic E-state index is 14.4. The fraction of sp³-hybridized carbons (Fsp3) is 0.533. The average Bonchev–Trinajstić information content (AvgIpc) is 2.46. The summed E-state index contributed by atoms with van der Waals surface area (Å²) in [6.07, 6.45) is -1.78. The summed E-state index contributed by atoms with van der Waals surface area (Å²) in [6.45, 7) is 0.854. The Morgan fingerprint density at radius 2 is 2.09 bits per heavy atom. The fourth-order valence-corrected chi connectivity index (χ4v) is 2.86. The highest BCUT2D eigenvalue weighted by Crippen LogP contribution is 2.35. The van der Waals surface area contributed by atoms with E-state index in [-0.39, 0.29) is 12.2 Å². The molecule has 0 bridgehead atoms. The molecule has 22 heavy (non-hydrogen) atoms. The van der Waals surface area contributed by atoms with Gasteiger partial charge in [-0.2, -0.15) is 0 Å². The van der Waals surface area contributed by atoms with Crippen molar-refractivity contribution in [2.45, 2.75) is 19.0 Å². The largest absolute Gasteiger partial charge is 0.497 e. The zero-order chi connectivity index (χ0) is 16.3. The molecule has 3 atom stereocenters. The number of hydrogen-bond acceptors (Lipinski definition) is 3. The van der Waals surface area contributed by atoms with E-state index >= 15 is 0 Å². The molecule has 2 rings (SSSR count). The Morgan fingerprint density at radius 1 is 1.45 bits per heavy atom. The molecule has 1 aromatic carbocycles. The maximum absolute atomic E-state index is 14.4. The predicted molar refractivity (Wildman–Crippen MR) is 73.5 cm³/mol. The lowest BCUT2D eigenvalue weighted by Gasteiger charge is -2.30. The molecular weight excluding hydrogens is 299 g/mol. The third-order valence-corrected chi connectivity index (χ3v) is 4.04. The first-order valence-corrected chi connectivity index (χ1v) is 7.04. The van der Waals surface area contributed by atoms with Gasteiger partial charge in [0.2, 0.25) is 0 Å². The molecule has 1 aliphatic heterocycles. The second-order valence-electron chi connectivity index (χ2n) is 5.41. The van der Waals surface area contributed by atoms with E-state index in [1.54, 1.807) is 0 Å². The third kappa shape index (κ3) is 3.52. The number of carboxylic acid groups (broad SMARTS) is 1. The molecule has 1 aliphatic rings. The molecule has 0 aliphatic carbocycles. The van der Waals surface area contributed by atoms with Crippen LogP contribution in [-0.2, 0) is 4.79 Å². The van der Waals surface area contributed by atoms with Crippen LogP contribution in [-0.4, -0.2) is 31.3 Å². The van der Waals surface area contributed by atoms with Gasteiger partial charge in [0.15, 0.2) is 0 Å². The van der Waals surface area contributed by atoms with E-state index < -0.39 is 41.2 Å². The van der Waals surface area contributed by atoms with Crippen LogP contribution < -0.4 is 10.1 Å². The number of alkyl halides is 1. The molecule has 2 N–H and O–H groups in total. The first-order valence-electron chi connectivity index (χ1n) is 7.04. The monoisotopic (exact) mass is 317 g/mol. The maximum Gasteiger partial charge on any atom is 0.306 e. The highest BCUT2D eigenvalue weighted by Gasteiger charge is 2.34. The number of benzene rings is 1. The van der Waals surface area contributed by atoms with Gasteiger partial charge in [-0.05, 0) is 31.8 Å². The Labute approximate surface area is 126 Å². The molecule has 1 heterocycles. The number of piperidine rings is 1. The van der Waals surface area contributed by atoms with Crippen molar-refractivity contribution in [3.8, 4) is 5.75 Å². The summed E-state index contributed by atoms with van der Waals surface area (Å²) in [5.74, 6) is -4.31. The zero-order valence-corrected chi connectivity index (χ0v) is 12.1. The van der Waals surface area contributed by atoms with Crippen molar-refractivity contribution in [3.63, 3.8) is 0 Å². The smallest absolute Gasteiger partial charge is 0.306 e. The van der Waals surface area contributed by atoms with Gasteiger partial charge >= 0.3 is 5.97 Å². The number of aliphatic carboxylic acids is 1. The third-order valence-electron chi connectivity index (χ3n) is 4.04. The molecule has 1 fully saturated rings. The van der Waals surface area contributed by atoms with Crippen LogP contribution >= 0.6 is 0 Å². The van der Waals surface area contributed by atoms with E-state index in [4.69, 9.17) is 9.84 Å². The lowest BCUT2D eigenvalue weighted by molar-refractivity contribution is -0.144. The van der Waals surface area contributed by atoms with Crippen LogP contribution in [0.3, 0.4) is 0 Å². The minimum absolute atomic E-state index is 0.0336. The number of ether oxygens (including phenoxy) is 1. The van der Waals surface area contributed by atoms with Gasteiger partial charge in [0, 0.05) is 12.1 Å². The molecular formula is C15H18F3NO3. The van der Waals surface area contributed by atoms with Crippen LogP contribution in [0.15, 0.2) is 12.1 Å². The second-order valence-corrected chi connectivity index (χ2v) is 5.41. The van der Waals surface area contributed by atoms with Crippen molar-refractivity contribution in [1.82, 2.24) is 5.32 Å². The SMILES string of the molecule is COc1cc(F)c([C@@H](F)CC2CNCCC2C(=O)O)c(F)c1. The summed E-state index contributed by atoms with van der Waals surface area (Å²) in [7, 11) is 1.26. The zero-order valence-electron chi connectivity index (χ0n) is 12.1. The normalized spacial score (nSPS) is 23.1. The minimum Gasteiger partial charge on any atom is -0.497 e. The fourth-order valence-electron chi connectivity index (χ4n) is 2.86. The number of rotatable bonds is 5. The van der Waals surface area contributed by atoms with Crippen LogP contribution in [0.1, 0.15) is 24.6 Å². The van der Waals surface area contributed by atoms with Crippen LogP contribution in [0, 0.1) is 23.5 Å². The van der Waals surface area contributed by atoms with Crippen LogP contribution in [0.4, 0.5) is 13.2 Å². The van der Waals surface area contributed by atoms with Gasteiger partial charge < -0.3 is 15.2 Å². The Balaban J connectivity index is 2.18. The van der Waals surface area contributed by atoms with Gasteiger partial charge in [0.25, 0.3) is 0 Å². The van der Waals surface area contributed by atoms with Gasteiger partial charge in [0.1, 0.15) is 23.6 Å². The summed E-state index contributed by atoms with van der Waals surface area (Å²) in [5, 5.41) is 12.1. The van der Waals surface area contributed by atoms with Crippen molar-refractivity contribution in [2.75, 3.05) is 20.2 Å². The van der Waals surface area contributed by atoms with Crippen LogP contribution in [0.25, 0.3) is 0 Å². The molecule has 0 amide bonds. The summed E-state index contributed by atoms with van der Waals surface area (Å²) < 4.78 is 46.8. The van der Waals surface area contributed by atoms with Gasteiger partial charge in [0.05, 0.1) is 18.6 Å². The van der Waals surface area contributed by atoms with Crippen molar-refractivity contribution < 1.29 is 27.8 Å². The number of nitrogens with one attached hydrogen (secondary N) is 1. The summed E-state index contributed by atoms with van der Waals surface area (Å²) in [5.41, 5.74) is -0.671. The van der Waals surface area contributed by atoms with Crippen LogP contribution in [0.2, 0.25) is 0 Å².